The summed E-state index contributed by atoms with van der Waals surface area (Å²) in [7, 11) is -8.28. The number of benzene rings is 1. The van der Waals surface area contributed by atoms with Gasteiger partial charge in [-0.3, -0.25) is 9.11 Å². The Morgan fingerprint density at radius 1 is 1.10 bits per heavy atom. The molecule has 0 spiro atoms. The molecule has 0 amide bonds. The summed E-state index contributed by atoms with van der Waals surface area (Å²) >= 11 is 0. The second-order valence-electron chi connectivity index (χ2n) is 7.51. The first-order valence-electron chi connectivity index (χ1n) is 9.53. The van der Waals surface area contributed by atoms with E-state index in [1.54, 1.807) is 6.08 Å². The van der Waals surface area contributed by atoms with Crippen molar-refractivity contribution in [3.63, 3.8) is 0 Å². The molecule has 0 bridgehead atoms. The maximum atomic E-state index is 11.4. The third-order valence-electron chi connectivity index (χ3n) is 5.60. The van der Waals surface area contributed by atoms with Crippen LogP contribution in [0.2, 0.25) is 0 Å². The minimum absolute atomic E-state index is 0. The second kappa shape index (κ2) is 10.2. The van der Waals surface area contributed by atoms with Crippen molar-refractivity contribution in [1.29, 1.82) is 0 Å². The Bertz CT molecular complexity index is 1030. The van der Waals surface area contributed by atoms with Crippen LogP contribution in [0.1, 0.15) is 31.2 Å². The molecule has 4 atom stereocenters. The van der Waals surface area contributed by atoms with E-state index in [1.807, 2.05) is 0 Å². The summed E-state index contributed by atoms with van der Waals surface area (Å²) in [5, 5.41) is 27.4. The third kappa shape index (κ3) is 5.98. The second-order valence-corrected chi connectivity index (χ2v) is 10.5. The molecule has 2 heterocycles. The van der Waals surface area contributed by atoms with E-state index in [4.69, 9.17) is 9.11 Å². The maximum absolute atomic E-state index is 11.4. The van der Waals surface area contributed by atoms with Gasteiger partial charge in [0.25, 0.3) is 20.2 Å². The zero-order chi connectivity index (χ0) is 22.1. The fourth-order valence-corrected chi connectivity index (χ4v) is 6.13. The number of nitrogens with one attached hydrogen (secondary N) is 1. The van der Waals surface area contributed by atoms with Crippen molar-refractivity contribution in [3.8, 4) is 5.75 Å². The molecule has 4 unspecified atom stereocenters. The summed E-state index contributed by atoms with van der Waals surface area (Å²) in [6.07, 6.45) is 4.99. The average Bonchev–Trinajstić information content (AvgIpc) is 2.67. The topological polar surface area (TPSA) is 178 Å². The van der Waals surface area contributed by atoms with E-state index in [-0.39, 0.29) is 50.3 Å². The standard InChI is InChI=1S/C9H16NO4S.C9H9NO4S.Ni/c2*11-7-3-4-8(15(12,13)14)6-2-1-5-10-9(6)7;/h6-9,11H,1-5H2,(H,12,13,14);1-4,10-11H,5H2,(H,12,13,14);/q-1;;+2/p-1. The van der Waals surface area contributed by atoms with Crippen LogP contribution in [0.25, 0.3) is 11.4 Å². The summed E-state index contributed by atoms with van der Waals surface area (Å²) in [6, 6.07) is 1.93. The van der Waals surface area contributed by atoms with Gasteiger partial charge >= 0.3 is 16.5 Å². The van der Waals surface area contributed by atoms with Crippen LogP contribution in [-0.4, -0.2) is 61.5 Å². The van der Waals surface area contributed by atoms with Gasteiger partial charge in [-0.05, 0) is 24.8 Å². The Morgan fingerprint density at radius 3 is 2.45 bits per heavy atom. The summed E-state index contributed by atoms with van der Waals surface area (Å²) in [6.45, 7) is 1.16. The first kappa shape index (κ1) is 26.0. The molecule has 13 heteroatoms. The van der Waals surface area contributed by atoms with Crippen molar-refractivity contribution in [2.24, 2.45) is 5.92 Å². The summed E-state index contributed by atoms with van der Waals surface area (Å²) < 4.78 is 62.4. The van der Waals surface area contributed by atoms with Crippen LogP contribution in [0.15, 0.2) is 23.1 Å². The van der Waals surface area contributed by atoms with Crippen LogP contribution >= 0.6 is 0 Å². The van der Waals surface area contributed by atoms with E-state index in [2.05, 4.69) is 10.6 Å². The van der Waals surface area contributed by atoms with Crippen LogP contribution < -0.4 is 10.4 Å². The normalized spacial score (nSPS) is 27.5. The van der Waals surface area contributed by atoms with E-state index >= 15 is 0 Å². The first-order chi connectivity index (χ1) is 14.0. The van der Waals surface area contributed by atoms with Crippen molar-refractivity contribution < 1.29 is 52.6 Å². The van der Waals surface area contributed by atoms with Gasteiger partial charge in [-0.25, -0.2) is 0 Å². The van der Waals surface area contributed by atoms with Gasteiger partial charge in [-0.1, -0.05) is 36.8 Å². The molecular formula is C18H24N2NiO8S2. The number of nitrogens with zero attached hydrogens (tertiary/aromatic N) is 1. The van der Waals surface area contributed by atoms with Gasteiger partial charge in [0.1, 0.15) is 4.90 Å². The fraction of sp³-hybridized carbons (Fsp3) is 0.556. The van der Waals surface area contributed by atoms with Crippen molar-refractivity contribution in [1.82, 2.24) is 0 Å². The Labute approximate surface area is 191 Å². The molecule has 10 nitrogen and oxygen atoms in total. The molecule has 3 aliphatic rings. The van der Waals surface area contributed by atoms with Crippen LogP contribution in [0.3, 0.4) is 0 Å². The van der Waals surface area contributed by atoms with Crippen molar-refractivity contribution >= 4 is 32.0 Å². The van der Waals surface area contributed by atoms with Crippen LogP contribution in [0.5, 0.6) is 5.75 Å². The van der Waals surface area contributed by atoms with Gasteiger partial charge in [0, 0.05) is 23.9 Å². The van der Waals surface area contributed by atoms with Gasteiger partial charge in [-0.15, -0.1) is 12.6 Å². The Balaban J connectivity index is 0.000000213. The maximum Gasteiger partial charge on any atom is 2.00 e. The molecule has 1 aliphatic carbocycles. The molecule has 1 saturated carbocycles. The predicted molar refractivity (Wildman–Crippen MR) is 109 cm³/mol. The van der Waals surface area contributed by atoms with Crippen LogP contribution in [0.4, 0.5) is 5.69 Å². The van der Waals surface area contributed by atoms with Crippen molar-refractivity contribution in [2.45, 2.75) is 48.0 Å². The zero-order valence-corrected chi connectivity index (χ0v) is 18.9. The summed E-state index contributed by atoms with van der Waals surface area (Å²) in [5.74, 6) is -0.487. The molecule has 1 aromatic rings. The van der Waals surface area contributed by atoms with Gasteiger partial charge in [-0.2, -0.15) is 16.8 Å². The largest absolute Gasteiger partial charge is 2.00 e. The Kier molecular flexibility index (Phi) is 8.54. The summed E-state index contributed by atoms with van der Waals surface area (Å²) in [4.78, 5) is -0.249. The molecular weight excluding hydrogens is 495 g/mol. The molecule has 0 aromatic heterocycles. The third-order valence-corrected chi connectivity index (χ3v) is 7.86. The summed E-state index contributed by atoms with van der Waals surface area (Å²) in [5.41, 5.74) is 0.434. The van der Waals surface area contributed by atoms with E-state index in [9.17, 15) is 27.0 Å². The van der Waals surface area contributed by atoms with Gasteiger partial charge < -0.3 is 20.8 Å². The quantitative estimate of drug-likeness (QED) is 0.328. The van der Waals surface area contributed by atoms with Gasteiger partial charge in [0.2, 0.25) is 0 Å². The number of hydrogen-bond acceptors (Lipinski definition) is 7. The molecule has 1 aromatic carbocycles. The number of anilines is 1. The molecule has 2 fully saturated rings. The van der Waals surface area contributed by atoms with E-state index in [0.717, 1.165) is 25.0 Å². The van der Waals surface area contributed by atoms with E-state index in [0.29, 0.717) is 25.9 Å². The van der Waals surface area contributed by atoms with Crippen molar-refractivity contribution in [3.05, 3.63) is 29.1 Å². The molecule has 31 heavy (non-hydrogen) atoms. The van der Waals surface area contributed by atoms with Gasteiger partial charge in [0.05, 0.1) is 5.25 Å². The molecule has 0 radical (unpaired) electrons. The SMILES string of the molecule is O=S(=O)(O)C1CCC(O)C2[N-]CCCC21.O=S(=O)(O)c1ccc([O-])c2c1C=CCN2.[Ni+2]. The Hall–Kier alpha value is -1.21. The molecule has 176 valence electrons. The zero-order valence-electron chi connectivity index (χ0n) is 16.3. The number of fused-ring (bicyclic) bond motifs is 2. The molecule has 1 saturated heterocycles. The predicted octanol–water partition coefficient (Wildman–Crippen LogP) is 0.993. The molecule has 4 rings (SSSR count). The molecule has 4 N–H and O–H groups in total. The van der Waals surface area contributed by atoms with Crippen LogP contribution in [0, 0.1) is 5.92 Å². The number of piperidine rings is 1. The average molecular weight is 519 g/mol. The molecule has 2 aliphatic heterocycles. The minimum Gasteiger partial charge on any atom is -0.871 e. The first-order valence-corrected chi connectivity index (χ1v) is 12.5. The number of hydrogen-bond donors (Lipinski definition) is 4. The fourth-order valence-electron chi connectivity index (χ4n) is 4.27. The van der Waals surface area contributed by atoms with E-state index in [1.165, 1.54) is 6.08 Å². The smallest absolute Gasteiger partial charge is 0.871 e. The Morgan fingerprint density at radius 2 is 1.81 bits per heavy atom. The minimum atomic E-state index is -4.29. The van der Waals surface area contributed by atoms with Crippen molar-refractivity contribution in [2.75, 3.05) is 18.4 Å². The number of aliphatic hydroxyl groups is 1. The van der Waals surface area contributed by atoms with E-state index < -0.39 is 31.6 Å². The van der Waals surface area contributed by atoms with Gasteiger partial charge in [0.15, 0.2) is 0 Å². The number of rotatable bonds is 2. The number of aliphatic hydroxyl groups excluding tert-OH is 1. The monoisotopic (exact) mass is 518 g/mol. The van der Waals surface area contributed by atoms with Crippen LogP contribution in [-0.2, 0) is 36.7 Å².